The quantitative estimate of drug-likeness (QED) is 0.724. The molecule has 0 aliphatic carbocycles. The van der Waals surface area contributed by atoms with Crippen LogP contribution in [0.4, 0.5) is 8.78 Å². The number of likely N-dealkylation sites (tertiary alicyclic amines) is 2. The molecule has 0 N–H and O–H groups in total. The van der Waals surface area contributed by atoms with E-state index < -0.39 is 12.3 Å². The minimum Gasteiger partial charge on any atom is -0.379 e. The van der Waals surface area contributed by atoms with E-state index in [1.807, 2.05) is 0 Å². The van der Waals surface area contributed by atoms with Gasteiger partial charge in [0.05, 0.1) is 19.1 Å². The second-order valence-electron chi connectivity index (χ2n) is 7.19. The Balaban J connectivity index is 1.44. The molecule has 0 bridgehead atoms. The zero-order chi connectivity index (χ0) is 17.8. The van der Waals surface area contributed by atoms with E-state index in [4.69, 9.17) is 4.74 Å². The van der Waals surface area contributed by atoms with Crippen LogP contribution >= 0.6 is 0 Å². The summed E-state index contributed by atoms with van der Waals surface area (Å²) in [6.07, 6.45) is -1.35. The van der Waals surface area contributed by atoms with Crippen LogP contribution in [0, 0.1) is 11.8 Å². The van der Waals surface area contributed by atoms with Crippen molar-refractivity contribution < 1.29 is 23.1 Å². The molecule has 1 unspecified atom stereocenters. The van der Waals surface area contributed by atoms with Gasteiger partial charge in [-0.25, -0.2) is 8.78 Å². The smallest absolute Gasteiger partial charge is 0.241 e. The standard InChI is InChI=1S/C17H27F2N3O3/c18-16(19)13-1-3-21(4-2-13)17(24)14-11-15(23)22(12-14)6-5-20-7-9-25-10-8-20/h13-14,16H,1-12H2. The predicted molar refractivity (Wildman–Crippen MR) is 87.3 cm³/mol. The van der Waals surface area contributed by atoms with Crippen LogP contribution in [0.15, 0.2) is 0 Å². The minimum absolute atomic E-state index is 0.0223. The Kier molecular flexibility index (Phi) is 6.22. The first-order valence-electron chi connectivity index (χ1n) is 9.19. The molecular weight excluding hydrogens is 332 g/mol. The third-order valence-corrected chi connectivity index (χ3v) is 5.56. The van der Waals surface area contributed by atoms with Crippen molar-refractivity contribution in [3.8, 4) is 0 Å². The SMILES string of the molecule is O=C1CC(C(=O)N2CCC(C(F)F)CC2)CN1CCN1CCOCC1. The molecule has 0 radical (unpaired) electrons. The zero-order valence-electron chi connectivity index (χ0n) is 14.5. The van der Waals surface area contributed by atoms with E-state index in [1.165, 1.54) is 0 Å². The van der Waals surface area contributed by atoms with E-state index in [-0.39, 0.29) is 24.2 Å². The lowest BCUT2D eigenvalue weighted by Gasteiger charge is -2.33. The van der Waals surface area contributed by atoms with Crippen molar-refractivity contribution in [1.82, 2.24) is 14.7 Å². The molecule has 0 saturated carbocycles. The van der Waals surface area contributed by atoms with Gasteiger partial charge in [0.2, 0.25) is 18.2 Å². The van der Waals surface area contributed by atoms with Crippen LogP contribution in [0.2, 0.25) is 0 Å². The van der Waals surface area contributed by atoms with Crippen molar-refractivity contribution in [2.75, 3.05) is 59.0 Å². The van der Waals surface area contributed by atoms with Gasteiger partial charge in [-0.1, -0.05) is 0 Å². The summed E-state index contributed by atoms with van der Waals surface area (Å²) >= 11 is 0. The maximum absolute atomic E-state index is 12.7. The van der Waals surface area contributed by atoms with Crippen LogP contribution in [0.25, 0.3) is 0 Å². The highest BCUT2D eigenvalue weighted by Gasteiger charge is 2.38. The van der Waals surface area contributed by atoms with Crippen LogP contribution in [0.5, 0.6) is 0 Å². The number of rotatable bonds is 5. The van der Waals surface area contributed by atoms with Crippen LogP contribution in [-0.2, 0) is 14.3 Å². The molecule has 6 nitrogen and oxygen atoms in total. The zero-order valence-corrected chi connectivity index (χ0v) is 14.5. The van der Waals surface area contributed by atoms with Crippen molar-refractivity contribution >= 4 is 11.8 Å². The summed E-state index contributed by atoms with van der Waals surface area (Å²) in [7, 11) is 0. The molecule has 8 heteroatoms. The molecule has 2 amide bonds. The van der Waals surface area contributed by atoms with E-state index in [0.717, 1.165) is 32.8 Å². The number of carbonyl (C=O) groups excluding carboxylic acids is 2. The highest BCUT2D eigenvalue weighted by atomic mass is 19.3. The van der Waals surface area contributed by atoms with Crippen molar-refractivity contribution in [3.05, 3.63) is 0 Å². The maximum atomic E-state index is 12.7. The Morgan fingerprint density at radius 1 is 1.12 bits per heavy atom. The van der Waals surface area contributed by atoms with Crippen LogP contribution < -0.4 is 0 Å². The number of morpholine rings is 1. The highest BCUT2D eigenvalue weighted by Crippen LogP contribution is 2.26. The lowest BCUT2D eigenvalue weighted by atomic mass is 9.96. The van der Waals surface area contributed by atoms with Gasteiger partial charge in [-0.15, -0.1) is 0 Å². The summed E-state index contributed by atoms with van der Waals surface area (Å²) < 4.78 is 30.8. The predicted octanol–water partition coefficient (Wildman–Crippen LogP) is 0.671. The molecular formula is C17H27F2N3O3. The van der Waals surface area contributed by atoms with Crippen molar-refractivity contribution in [1.29, 1.82) is 0 Å². The van der Waals surface area contributed by atoms with Gasteiger partial charge >= 0.3 is 0 Å². The van der Waals surface area contributed by atoms with Crippen LogP contribution in [-0.4, -0.2) is 92.0 Å². The van der Waals surface area contributed by atoms with Gasteiger partial charge in [-0.2, -0.15) is 0 Å². The fourth-order valence-corrected chi connectivity index (χ4v) is 3.87. The molecule has 3 saturated heterocycles. The summed E-state index contributed by atoms with van der Waals surface area (Å²) in [5.41, 5.74) is 0. The van der Waals surface area contributed by atoms with E-state index in [2.05, 4.69) is 4.90 Å². The third kappa shape index (κ3) is 4.67. The average molecular weight is 359 g/mol. The average Bonchev–Trinajstić information content (AvgIpc) is 3.01. The van der Waals surface area contributed by atoms with Crippen LogP contribution in [0.1, 0.15) is 19.3 Å². The van der Waals surface area contributed by atoms with Crippen LogP contribution in [0.3, 0.4) is 0 Å². The Morgan fingerprint density at radius 3 is 2.44 bits per heavy atom. The molecule has 3 heterocycles. The van der Waals surface area contributed by atoms with E-state index >= 15 is 0 Å². The van der Waals surface area contributed by atoms with Crippen molar-refractivity contribution in [3.63, 3.8) is 0 Å². The van der Waals surface area contributed by atoms with Gasteiger partial charge in [0, 0.05) is 58.2 Å². The van der Waals surface area contributed by atoms with E-state index in [9.17, 15) is 18.4 Å². The first-order valence-corrected chi connectivity index (χ1v) is 9.19. The summed E-state index contributed by atoms with van der Waals surface area (Å²) in [5.74, 6) is -0.941. The molecule has 3 aliphatic rings. The van der Waals surface area contributed by atoms with Gasteiger partial charge in [0.25, 0.3) is 0 Å². The first-order chi connectivity index (χ1) is 12.0. The number of nitrogens with zero attached hydrogens (tertiary/aromatic N) is 3. The molecule has 0 spiro atoms. The number of halogens is 2. The molecule has 0 aromatic heterocycles. The largest absolute Gasteiger partial charge is 0.379 e. The molecule has 1 atom stereocenters. The summed E-state index contributed by atoms with van der Waals surface area (Å²) in [6, 6.07) is 0. The molecule has 25 heavy (non-hydrogen) atoms. The fourth-order valence-electron chi connectivity index (χ4n) is 3.87. The second kappa shape index (κ2) is 8.40. The molecule has 142 valence electrons. The van der Waals surface area contributed by atoms with Gasteiger partial charge in [0.1, 0.15) is 0 Å². The minimum atomic E-state index is -2.30. The Hall–Kier alpha value is -1.28. The number of hydrogen-bond acceptors (Lipinski definition) is 4. The normalized spacial score (nSPS) is 26.7. The number of hydrogen-bond donors (Lipinski definition) is 0. The summed E-state index contributed by atoms with van der Waals surface area (Å²) in [6.45, 7) is 5.86. The van der Waals surface area contributed by atoms with E-state index in [1.54, 1.807) is 9.80 Å². The fraction of sp³-hybridized carbons (Fsp3) is 0.882. The van der Waals surface area contributed by atoms with Gasteiger partial charge in [-0.3, -0.25) is 14.5 Å². The Labute approximate surface area is 147 Å². The Bertz CT molecular complexity index is 478. The summed E-state index contributed by atoms with van der Waals surface area (Å²) in [4.78, 5) is 30.5. The molecule has 3 fully saturated rings. The van der Waals surface area contributed by atoms with Crippen molar-refractivity contribution in [2.24, 2.45) is 11.8 Å². The first kappa shape index (κ1) is 18.5. The maximum Gasteiger partial charge on any atom is 0.241 e. The monoisotopic (exact) mass is 359 g/mol. The third-order valence-electron chi connectivity index (χ3n) is 5.56. The number of alkyl halides is 2. The number of amides is 2. The van der Waals surface area contributed by atoms with E-state index in [0.29, 0.717) is 39.0 Å². The Morgan fingerprint density at radius 2 is 1.80 bits per heavy atom. The number of carbonyl (C=O) groups is 2. The second-order valence-corrected chi connectivity index (χ2v) is 7.19. The van der Waals surface area contributed by atoms with Gasteiger partial charge < -0.3 is 14.5 Å². The summed E-state index contributed by atoms with van der Waals surface area (Å²) in [5, 5.41) is 0. The number of piperidine rings is 1. The van der Waals surface area contributed by atoms with Crippen molar-refractivity contribution in [2.45, 2.75) is 25.7 Å². The molecule has 3 aliphatic heterocycles. The van der Waals surface area contributed by atoms with Gasteiger partial charge in [0.15, 0.2) is 0 Å². The highest BCUT2D eigenvalue weighted by molar-refractivity contribution is 5.89. The van der Waals surface area contributed by atoms with Gasteiger partial charge in [-0.05, 0) is 12.8 Å². The lowest BCUT2D eigenvalue weighted by Crippen LogP contribution is -2.44. The molecule has 0 aromatic carbocycles. The lowest BCUT2D eigenvalue weighted by molar-refractivity contribution is -0.138. The number of ether oxygens (including phenoxy) is 1. The molecule has 0 aromatic rings. The topological polar surface area (TPSA) is 53.1 Å². The molecule has 3 rings (SSSR count).